The van der Waals surface area contributed by atoms with E-state index < -0.39 is 5.92 Å². The molecule has 1 unspecified atom stereocenters. The Bertz CT molecular complexity index is 606. The summed E-state index contributed by atoms with van der Waals surface area (Å²) in [5, 5.41) is 5.94. The number of fused-ring (bicyclic) bond motifs is 1. The van der Waals surface area contributed by atoms with Crippen LogP contribution in [-0.4, -0.2) is 22.7 Å². The number of rotatable bonds is 1. The lowest BCUT2D eigenvalue weighted by Gasteiger charge is -2.19. The predicted molar refractivity (Wildman–Crippen MR) is 71.3 cm³/mol. The Morgan fingerprint density at radius 1 is 1.22 bits per heavy atom. The summed E-state index contributed by atoms with van der Waals surface area (Å²) in [6.45, 7) is 1.79. The van der Waals surface area contributed by atoms with E-state index in [4.69, 9.17) is 11.6 Å². The van der Waals surface area contributed by atoms with Gasteiger partial charge >= 0.3 is 0 Å². The van der Waals surface area contributed by atoms with Crippen molar-refractivity contribution in [1.29, 1.82) is 0 Å². The van der Waals surface area contributed by atoms with Gasteiger partial charge in [-0.05, 0) is 30.7 Å². The number of amidine groups is 2. The third-order valence-electron chi connectivity index (χ3n) is 2.81. The normalized spacial score (nSPS) is 22.3. The van der Waals surface area contributed by atoms with E-state index in [9.17, 15) is 4.79 Å². The molecule has 0 bridgehead atoms. The van der Waals surface area contributed by atoms with Gasteiger partial charge < -0.3 is 0 Å². The van der Waals surface area contributed by atoms with Crippen LogP contribution in [0.3, 0.4) is 0 Å². The van der Waals surface area contributed by atoms with E-state index in [0.29, 0.717) is 11.5 Å². The third-order valence-corrected chi connectivity index (χ3v) is 2.98. The molecule has 1 atom stereocenters. The van der Waals surface area contributed by atoms with Gasteiger partial charge in [0.25, 0.3) is 5.91 Å². The fraction of sp³-hybridized carbons (Fsp3) is 0.167. The molecule has 2 aliphatic heterocycles. The first-order valence-electron chi connectivity index (χ1n) is 5.44. The standard InChI is InChI=1S/C12H9ClN4O/c1-7-9-10(14-12(13)15-11(9)18)17(16-7)8-5-3-2-4-6-8/h2-6,9H,1H3. The summed E-state index contributed by atoms with van der Waals surface area (Å²) in [6, 6.07) is 9.50. The Morgan fingerprint density at radius 3 is 2.67 bits per heavy atom. The fourth-order valence-electron chi connectivity index (χ4n) is 2.01. The minimum atomic E-state index is -0.507. The first-order chi connectivity index (χ1) is 8.66. The molecule has 1 aromatic carbocycles. The third kappa shape index (κ3) is 1.64. The molecule has 2 heterocycles. The number of hydrazone groups is 1. The molecule has 0 radical (unpaired) electrons. The molecule has 0 aromatic heterocycles. The van der Waals surface area contributed by atoms with Crippen molar-refractivity contribution in [3.63, 3.8) is 0 Å². The van der Waals surface area contributed by atoms with Gasteiger partial charge in [-0.3, -0.25) is 4.79 Å². The zero-order chi connectivity index (χ0) is 12.7. The number of halogens is 1. The van der Waals surface area contributed by atoms with Gasteiger partial charge in [0.2, 0.25) is 5.29 Å². The van der Waals surface area contributed by atoms with Gasteiger partial charge in [0.15, 0.2) is 5.84 Å². The smallest absolute Gasteiger partial charge is 0.265 e. The average molecular weight is 261 g/mol. The Morgan fingerprint density at radius 2 is 1.94 bits per heavy atom. The molecule has 5 nitrogen and oxygen atoms in total. The van der Waals surface area contributed by atoms with Gasteiger partial charge in [-0.25, -0.2) is 10.0 Å². The van der Waals surface area contributed by atoms with Gasteiger partial charge in [0.05, 0.1) is 11.4 Å². The number of benzene rings is 1. The van der Waals surface area contributed by atoms with E-state index in [-0.39, 0.29) is 11.2 Å². The van der Waals surface area contributed by atoms with Gasteiger partial charge in [0, 0.05) is 0 Å². The lowest BCUT2D eigenvalue weighted by Crippen LogP contribution is -2.35. The van der Waals surface area contributed by atoms with Crippen LogP contribution >= 0.6 is 11.6 Å². The van der Waals surface area contributed by atoms with Crippen LogP contribution < -0.4 is 5.01 Å². The minimum Gasteiger partial charge on any atom is -0.271 e. The highest BCUT2D eigenvalue weighted by Gasteiger charge is 2.40. The van der Waals surface area contributed by atoms with Crippen molar-refractivity contribution in [1.82, 2.24) is 0 Å². The van der Waals surface area contributed by atoms with E-state index in [2.05, 4.69) is 15.1 Å². The molecule has 6 heteroatoms. The molecule has 0 aliphatic carbocycles. The van der Waals surface area contributed by atoms with E-state index >= 15 is 0 Å². The summed E-state index contributed by atoms with van der Waals surface area (Å²) in [4.78, 5) is 19.6. The minimum absolute atomic E-state index is 0.0444. The SMILES string of the molecule is CC1=NN(c2ccccc2)C2=NC(Cl)=NC(=O)C12. The monoisotopic (exact) mass is 260 g/mol. The van der Waals surface area contributed by atoms with Crippen LogP contribution in [0.1, 0.15) is 6.92 Å². The van der Waals surface area contributed by atoms with Crippen LogP contribution in [-0.2, 0) is 4.79 Å². The van der Waals surface area contributed by atoms with E-state index in [1.807, 2.05) is 30.3 Å². The van der Waals surface area contributed by atoms with Gasteiger partial charge in [0.1, 0.15) is 5.92 Å². The fourth-order valence-corrected chi connectivity index (χ4v) is 2.18. The first kappa shape index (κ1) is 11.1. The Kier molecular flexibility index (Phi) is 2.48. The number of amides is 1. The second-order valence-electron chi connectivity index (χ2n) is 4.01. The molecule has 90 valence electrons. The summed E-state index contributed by atoms with van der Waals surface area (Å²) in [6.07, 6.45) is 0. The van der Waals surface area contributed by atoms with Gasteiger partial charge in [-0.1, -0.05) is 18.2 Å². The summed E-state index contributed by atoms with van der Waals surface area (Å²) in [5.41, 5.74) is 1.52. The number of para-hydroxylation sites is 1. The van der Waals surface area contributed by atoms with Crippen molar-refractivity contribution in [3.8, 4) is 0 Å². The lowest BCUT2D eigenvalue weighted by atomic mass is 10.0. The molecule has 1 amide bonds. The van der Waals surface area contributed by atoms with Gasteiger partial charge in [-0.2, -0.15) is 10.1 Å². The molecule has 18 heavy (non-hydrogen) atoms. The molecule has 0 fully saturated rings. The average Bonchev–Trinajstić information content (AvgIpc) is 2.67. The number of hydrogen-bond acceptors (Lipinski definition) is 4. The van der Waals surface area contributed by atoms with E-state index in [1.165, 1.54) is 0 Å². The van der Waals surface area contributed by atoms with Crippen LogP contribution in [0.25, 0.3) is 0 Å². The number of nitrogens with zero attached hydrogens (tertiary/aromatic N) is 4. The number of hydrogen-bond donors (Lipinski definition) is 0. The number of aliphatic imine (C=N–C) groups is 2. The number of carbonyl (C=O) groups is 1. The molecular weight excluding hydrogens is 252 g/mol. The zero-order valence-electron chi connectivity index (χ0n) is 9.54. The van der Waals surface area contributed by atoms with Crippen LogP contribution in [0, 0.1) is 5.92 Å². The van der Waals surface area contributed by atoms with Crippen molar-refractivity contribution in [2.75, 3.05) is 5.01 Å². The molecular formula is C12H9ClN4O. The molecule has 0 spiro atoms. The van der Waals surface area contributed by atoms with Crippen molar-refractivity contribution < 1.29 is 4.79 Å². The topological polar surface area (TPSA) is 57.4 Å². The van der Waals surface area contributed by atoms with Crippen LogP contribution in [0.15, 0.2) is 45.4 Å². The molecule has 0 saturated heterocycles. The predicted octanol–water partition coefficient (Wildman–Crippen LogP) is 2.03. The van der Waals surface area contributed by atoms with E-state index in [1.54, 1.807) is 11.9 Å². The Balaban J connectivity index is 2.08. The van der Waals surface area contributed by atoms with Crippen molar-refractivity contribution in [3.05, 3.63) is 30.3 Å². The summed E-state index contributed by atoms with van der Waals surface area (Å²) in [5.74, 6) is -0.305. The lowest BCUT2D eigenvalue weighted by molar-refractivity contribution is -0.118. The highest BCUT2D eigenvalue weighted by Crippen LogP contribution is 2.27. The maximum Gasteiger partial charge on any atom is 0.265 e. The second-order valence-corrected chi connectivity index (χ2v) is 4.35. The Hall–Kier alpha value is -2.01. The molecule has 1 aromatic rings. The largest absolute Gasteiger partial charge is 0.271 e. The van der Waals surface area contributed by atoms with Gasteiger partial charge in [-0.15, -0.1) is 0 Å². The quantitative estimate of drug-likeness (QED) is 0.726. The number of anilines is 1. The van der Waals surface area contributed by atoms with E-state index in [0.717, 1.165) is 5.69 Å². The molecule has 0 N–H and O–H groups in total. The highest BCUT2D eigenvalue weighted by atomic mass is 35.5. The summed E-state index contributed by atoms with van der Waals surface area (Å²) in [7, 11) is 0. The van der Waals surface area contributed by atoms with Crippen molar-refractivity contribution in [2.45, 2.75) is 6.92 Å². The molecule has 3 rings (SSSR count). The summed E-state index contributed by atoms with van der Waals surface area (Å²) >= 11 is 5.74. The van der Waals surface area contributed by atoms with Crippen LogP contribution in [0.2, 0.25) is 0 Å². The van der Waals surface area contributed by atoms with Crippen molar-refractivity contribution >= 4 is 40.0 Å². The van der Waals surface area contributed by atoms with Crippen LogP contribution in [0.4, 0.5) is 5.69 Å². The highest BCUT2D eigenvalue weighted by molar-refractivity contribution is 6.67. The maximum atomic E-state index is 11.8. The first-order valence-corrected chi connectivity index (χ1v) is 5.81. The molecule has 0 saturated carbocycles. The zero-order valence-corrected chi connectivity index (χ0v) is 10.3. The van der Waals surface area contributed by atoms with Crippen LogP contribution in [0.5, 0.6) is 0 Å². The van der Waals surface area contributed by atoms with Crippen molar-refractivity contribution in [2.24, 2.45) is 21.0 Å². The number of carbonyl (C=O) groups excluding carboxylic acids is 1. The Labute approximate surface area is 108 Å². The summed E-state index contributed by atoms with van der Waals surface area (Å²) < 4.78 is 0. The second kappa shape index (κ2) is 4.03. The molecule has 2 aliphatic rings. The maximum absolute atomic E-state index is 11.8.